The number of aromatic nitrogens is 2. The van der Waals surface area contributed by atoms with Crippen molar-refractivity contribution in [2.75, 3.05) is 23.3 Å². The summed E-state index contributed by atoms with van der Waals surface area (Å²) in [7, 11) is 0. The summed E-state index contributed by atoms with van der Waals surface area (Å²) in [6.45, 7) is 11.2. The molecule has 4 heteroatoms. The summed E-state index contributed by atoms with van der Waals surface area (Å²) >= 11 is 0. The van der Waals surface area contributed by atoms with Crippen molar-refractivity contribution in [2.45, 2.75) is 58.4 Å². The van der Waals surface area contributed by atoms with Gasteiger partial charge < -0.3 is 10.2 Å². The number of rotatable bonds is 2. The third-order valence-electron chi connectivity index (χ3n) is 5.52. The van der Waals surface area contributed by atoms with Crippen molar-refractivity contribution < 1.29 is 0 Å². The lowest BCUT2D eigenvalue weighted by Gasteiger charge is -2.38. The number of anilines is 2. The predicted molar refractivity (Wildman–Crippen MR) is 104 cm³/mol. The molecule has 0 radical (unpaired) electrons. The molecular formula is C21H28N4. The lowest BCUT2D eigenvalue weighted by Crippen LogP contribution is -2.36. The Labute approximate surface area is 150 Å². The second-order valence-electron chi connectivity index (χ2n) is 8.30. The number of benzene rings is 1. The molecule has 2 aromatic rings. The first-order chi connectivity index (χ1) is 11.9. The van der Waals surface area contributed by atoms with Crippen molar-refractivity contribution in [3.05, 3.63) is 35.5 Å². The largest absolute Gasteiger partial charge is 0.380 e. The molecule has 1 unspecified atom stereocenters. The van der Waals surface area contributed by atoms with Gasteiger partial charge in [-0.3, -0.25) is 0 Å². The molecule has 0 saturated carbocycles. The van der Waals surface area contributed by atoms with Crippen molar-refractivity contribution in [1.29, 1.82) is 0 Å². The van der Waals surface area contributed by atoms with Crippen molar-refractivity contribution in [3.8, 4) is 11.3 Å². The number of aryl methyl sites for hydroxylation is 1. The Morgan fingerprint density at radius 3 is 2.72 bits per heavy atom. The van der Waals surface area contributed by atoms with Gasteiger partial charge in [-0.25, -0.2) is 9.97 Å². The lowest BCUT2D eigenvalue weighted by molar-refractivity contribution is 0.454. The van der Waals surface area contributed by atoms with E-state index in [9.17, 15) is 0 Å². The fourth-order valence-electron chi connectivity index (χ4n) is 4.38. The van der Waals surface area contributed by atoms with Crippen LogP contribution in [0.1, 0.15) is 57.1 Å². The molecular weight excluding hydrogens is 308 g/mol. The van der Waals surface area contributed by atoms with E-state index in [4.69, 9.17) is 4.98 Å². The van der Waals surface area contributed by atoms with Crippen molar-refractivity contribution >= 4 is 11.6 Å². The highest BCUT2D eigenvalue weighted by Crippen LogP contribution is 2.41. The smallest absolute Gasteiger partial charge is 0.225 e. The first kappa shape index (κ1) is 16.4. The van der Waals surface area contributed by atoms with Crippen LogP contribution in [0, 0.1) is 6.92 Å². The summed E-state index contributed by atoms with van der Waals surface area (Å²) in [6.07, 6.45) is 5.53. The number of hydrogen-bond acceptors (Lipinski definition) is 4. The molecule has 1 fully saturated rings. The van der Waals surface area contributed by atoms with E-state index in [0.29, 0.717) is 5.92 Å². The average molecular weight is 336 g/mol. The van der Waals surface area contributed by atoms with Crippen LogP contribution in [0.25, 0.3) is 11.3 Å². The number of hydrogen-bond donors (Lipinski definition) is 1. The molecule has 0 amide bonds. The Morgan fingerprint density at radius 1 is 1.20 bits per heavy atom. The van der Waals surface area contributed by atoms with E-state index in [0.717, 1.165) is 31.2 Å². The second-order valence-corrected chi connectivity index (χ2v) is 8.30. The van der Waals surface area contributed by atoms with Crippen LogP contribution in [0.15, 0.2) is 24.4 Å². The van der Waals surface area contributed by atoms with Crippen LogP contribution >= 0.6 is 0 Å². The zero-order valence-corrected chi connectivity index (χ0v) is 15.8. The molecule has 25 heavy (non-hydrogen) atoms. The topological polar surface area (TPSA) is 41.1 Å². The highest BCUT2D eigenvalue weighted by molar-refractivity contribution is 5.73. The SMILES string of the molecule is Cc1cc2c(cc1-c1ccnc(N3CCCC3)n1)NC(C)(C)CC2C. The van der Waals surface area contributed by atoms with Gasteiger partial charge in [0.2, 0.25) is 5.95 Å². The molecule has 1 N–H and O–H groups in total. The van der Waals surface area contributed by atoms with Gasteiger partial charge in [-0.05, 0) is 69.2 Å². The third kappa shape index (κ3) is 3.10. The van der Waals surface area contributed by atoms with E-state index < -0.39 is 0 Å². The van der Waals surface area contributed by atoms with Crippen LogP contribution in [-0.4, -0.2) is 28.6 Å². The second kappa shape index (κ2) is 6.01. The van der Waals surface area contributed by atoms with Crippen LogP contribution in [0.5, 0.6) is 0 Å². The predicted octanol–water partition coefficient (Wildman–Crippen LogP) is 4.75. The molecule has 3 heterocycles. The standard InChI is InChI=1S/C21H28N4/c1-14-11-16-15(2)13-21(3,4)24-19(16)12-17(14)18-7-8-22-20(23-18)25-9-5-6-10-25/h7-8,11-12,15,24H,5-6,9-10,13H2,1-4H3. The lowest BCUT2D eigenvalue weighted by atomic mass is 9.80. The molecule has 132 valence electrons. The monoisotopic (exact) mass is 336 g/mol. The fraction of sp³-hybridized carbons (Fsp3) is 0.524. The van der Waals surface area contributed by atoms with Crippen LogP contribution in [0.2, 0.25) is 0 Å². The van der Waals surface area contributed by atoms with Gasteiger partial charge in [0, 0.05) is 36.1 Å². The van der Waals surface area contributed by atoms with Crippen LogP contribution in [0.3, 0.4) is 0 Å². The first-order valence-corrected chi connectivity index (χ1v) is 9.44. The Kier molecular flexibility index (Phi) is 3.94. The van der Waals surface area contributed by atoms with E-state index in [1.807, 2.05) is 12.3 Å². The highest BCUT2D eigenvalue weighted by Gasteiger charge is 2.30. The van der Waals surface area contributed by atoms with Crippen molar-refractivity contribution in [2.24, 2.45) is 0 Å². The molecule has 4 nitrogen and oxygen atoms in total. The quantitative estimate of drug-likeness (QED) is 0.859. The zero-order chi connectivity index (χ0) is 17.6. The third-order valence-corrected chi connectivity index (χ3v) is 5.52. The first-order valence-electron chi connectivity index (χ1n) is 9.44. The summed E-state index contributed by atoms with van der Waals surface area (Å²) in [5.74, 6) is 1.44. The van der Waals surface area contributed by atoms with Crippen LogP contribution < -0.4 is 10.2 Å². The van der Waals surface area contributed by atoms with Gasteiger partial charge >= 0.3 is 0 Å². The van der Waals surface area contributed by atoms with E-state index >= 15 is 0 Å². The van der Waals surface area contributed by atoms with Gasteiger partial charge in [0.1, 0.15) is 0 Å². The summed E-state index contributed by atoms with van der Waals surface area (Å²) in [6, 6.07) is 6.67. The maximum atomic E-state index is 4.88. The maximum Gasteiger partial charge on any atom is 0.225 e. The van der Waals surface area contributed by atoms with Gasteiger partial charge in [0.25, 0.3) is 0 Å². The van der Waals surface area contributed by atoms with Gasteiger partial charge in [-0.15, -0.1) is 0 Å². The van der Waals surface area contributed by atoms with E-state index in [-0.39, 0.29) is 5.54 Å². The normalized spacial score (nSPS) is 21.8. The van der Waals surface area contributed by atoms with Gasteiger partial charge in [0.05, 0.1) is 5.69 Å². The number of nitrogens with zero attached hydrogens (tertiary/aromatic N) is 3. The molecule has 0 spiro atoms. The summed E-state index contributed by atoms with van der Waals surface area (Å²) in [4.78, 5) is 11.7. The Balaban J connectivity index is 1.75. The summed E-state index contributed by atoms with van der Waals surface area (Å²) in [5, 5.41) is 3.72. The summed E-state index contributed by atoms with van der Waals surface area (Å²) in [5.41, 5.74) is 6.33. The minimum Gasteiger partial charge on any atom is -0.380 e. The molecule has 1 atom stereocenters. The van der Waals surface area contributed by atoms with E-state index in [1.165, 1.54) is 35.2 Å². The zero-order valence-electron chi connectivity index (χ0n) is 15.8. The van der Waals surface area contributed by atoms with Crippen LogP contribution in [0.4, 0.5) is 11.6 Å². The van der Waals surface area contributed by atoms with E-state index in [1.54, 1.807) is 0 Å². The fourth-order valence-corrected chi connectivity index (χ4v) is 4.38. The van der Waals surface area contributed by atoms with Gasteiger partial charge in [-0.2, -0.15) is 0 Å². The van der Waals surface area contributed by atoms with Crippen molar-refractivity contribution in [1.82, 2.24) is 9.97 Å². The molecule has 0 bridgehead atoms. The van der Waals surface area contributed by atoms with Crippen LogP contribution in [-0.2, 0) is 0 Å². The molecule has 0 aliphatic carbocycles. The molecule has 4 rings (SSSR count). The van der Waals surface area contributed by atoms with Gasteiger partial charge in [0.15, 0.2) is 0 Å². The average Bonchev–Trinajstić information content (AvgIpc) is 3.09. The maximum absolute atomic E-state index is 4.88. The molecule has 2 aliphatic rings. The highest BCUT2D eigenvalue weighted by atomic mass is 15.3. The van der Waals surface area contributed by atoms with Gasteiger partial charge in [-0.1, -0.05) is 13.0 Å². The number of fused-ring (bicyclic) bond motifs is 1. The molecule has 1 aromatic carbocycles. The molecule has 2 aliphatic heterocycles. The Morgan fingerprint density at radius 2 is 1.96 bits per heavy atom. The Bertz CT molecular complexity index is 790. The molecule has 1 aromatic heterocycles. The minimum absolute atomic E-state index is 0.130. The van der Waals surface area contributed by atoms with Crippen molar-refractivity contribution in [3.63, 3.8) is 0 Å². The molecule has 1 saturated heterocycles. The summed E-state index contributed by atoms with van der Waals surface area (Å²) < 4.78 is 0. The van der Waals surface area contributed by atoms with E-state index in [2.05, 4.69) is 55.0 Å². The minimum atomic E-state index is 0.130. The number of nitrogens with one attached hydrogen (secondary N) is 1. The Hall–Kier alpha value is -2.10.